The SMILES string of the molecule is C[C@@H]1CN(C(=O)CC2(c3ccccc3Cl)CC(=O)N(C3CCCC3)C2=O)C[C@H](C)O1. The van der Waals surface area contributed by atoms with Crippen LogP contribution in [-0.4, -0.2) is 58.9 Å². The van der Waals surface area contributed by atoms with Crippen LogP contribution in [-0.2, 0) is 24.5 Å². The monoisotopic (exact) mass is 432 g/mol. The molecule has 7 heteroatoms. The van der Waals surface area contributed by atoms with Gasteiger partial charge in [0.05, 0.1) is 17.6 Å². The van der Waals surface area contributed by atoms with Crippen LogP contribution in [0, 0.1) is 0 Å². The van der Waals surface area contributed by atoms with Gasteiger partial charge in [-0.25, -0.2) is 0 Å². The molecule has 3 aliphatic rings. The highest BCUT2D eigenvalue weighted by atomic mass is 35.5. The Labute approximate surface area is 182 Å². The maximum Gasteiger partial charge on any atom is 0.241 e. The van der Waals surface area contributed by atoms with Gasteiger partial charge in [0.25, 0.3) is 0 Å². The lowest BCUT2D eigenvalue weighted by Gasteiger charge is -2.37. The molecule has 0 spiro atoms. The second-order valence-corrected chi connectivity index (χ2v) is 9.39. The molecular weight excluding hydrogens is 404 g/mol. The minimum absolute atomic E-state index is 0.00669. The molecule has 1 aliphatic carbocycles. The Balaban J connectivity index is 1.69. The van der Waals surface area contributed by atoms with Crippen LogP contribution < -0.4 is 0 Å². The zero-order valence-corrected chi connectivity index (χ0v) is 18.4. The first-order chi connectivity index (χ1) is 14.3. The van der Waals surface area contributed by atoms with E-state index in [1.165, 1.54) is 4.90 Å². The van der Waals surface area contributed by atoms with E-state index in [4.69, 9.17) is 16.3 Å². The Bertz CT molecular complexity index is 843. The van der Waals surface area contributed by atoms with Crippen LogP contribution in [0.4, 0.5) is 0 Å². The fourth-order valence-electron chi connectivity index (χ4n) is 5.34. The van der Waals surface area contributed by atoms with Crippen molar-refractivity contribution in [3.05, 3.63) is 34.9 Å². The third-order valence-electron chi connectivity index (χ3n) is 6.65. The molecule has 1 aromatic carbocycles. The van der Waals surface area contributed by atoms with Crippen molar-refractivity contribution >= 4 is 29.3 Å². The quantitative estimate of drug-likeness (QED) is 0.684. The molecule has 3 fully saturated rings. The predicted molar refractivity (Wildman–Crippen MR) is 113 cm³/mol. The fourth-order valence-corrected chi connectivity index (χ4v) is 5.66. The minimum atomic E-state index is -1.24. The number of hydrogen-bond acceptors (Lipinski definition) is 4. The Hall–Kier alpha value is -1.92. The van der Waals surface area contributed by atoms with Crippen LogP contribution in [0.5, 0.6) is 0 Å². The fraction of sp³-hybridized carbons (Fsp3) is 0.609. The van der Waals surface area contributed by atoms with Gasteiger partial charge in [0.2, 0.25) is 17.7 Å². The molecule has 0 radical (unpaired) electrons. The normalized spacial score (nSPS) is 30.4. The highest BCUT2D eigenvalue weighted by molar-refractivity contribution is 6.32. The summed E-state index contributed by atoms with van der Waals surface area (Å²) in [5, 5.41) is 0.420. The average molecular weight is 433 g/mol. The first-order valence-electron chi connectivity index (χ1n) is 10.9. The summed E-state index contributed by atoms with van der Waals surface area (Å²) in [5.41, 5.74) is -0.659. The van der Waals surface area contributed by atoms with E-state index in [2.05, 4.69) is 0 Å². The van der Waals surface area contributed by atoms with Crippen molar-refractivity contribution in [3.8, 4) is 0 Å². The van der Waals surface area contributed by atoms with Gasteiger partial charge in [0.15, 0.2) is 0 Å². The van der Waals surface area contributed by atoms with Gasteiger partial charge in [-0.1, -0.05) is 42.6 Å². The molecule has 6 nitrogen and oxygen atoms in total. The van der Waals surface area contributed by atoms with Crippen molar-refractivity contribution in [2.24, 2.45) is 0 Å². The van der Waals surface area contributed by atoms with Crippen molar-refractivity contribution in [1.29, 1.82) is 0 Å². The first-order valence-corrected chi connectivity index (χ1v) is 11.2. The maximum absolute atomic E-state index is 13.8. The second-order valence-electron chi connectivity index (χ2n) is 8.98. The van der Waals surface area contributed by atoms with Crippen molar-refractivity contribution < 1.29 is 19.1 Å². The standard InChI is InChI=1S/C23H29ClN2O4/c1-15-13-25(14-16(2)30-15)20(27)11-23(18-9-5-6-10-19(18)24)12-21(28)26(22(23)29)17-7-3-4-8-17/h5-6,9-10,15-17H,3-4,7-8,11-14H2,1-2H3/t15-,16+,23?. The topological polar surface area (TPSA) is 66.9 Å². The van der Waals surface area contributed by atoms with Crippen molar-refractivity contribution in [2.75, 3.05) is 13.1 Å². The molecule has 1 unspecified atom stereocenters. The molecule has 3 amide bonds. The van der Waals surface area contributed by atoms with Crippen LogP contribution in [0.25, 0.3) is 0 Å². The van der Waals surface area contributed by atoms with Crippen LogP contribution in [0.15, 0.2) is 24.3 Å². The number of imide groups is 1. The molecule has 2 aliphatic heterocycles. The Morgan fingerprint density at radius 2 is 1.77 bits per heavy atom. The zero-order valence-electron chi connectivity index (χ0n) is 17.6. The number of rotatable bonds is 4. The molecule has 1 saturated carbocycles. The number of hydrogen-bond donors (Lipinski definition) is 0. The highest BCUT2D eigenvalue weighted by Crippen LogP contribution is 2.45. The second kappa shape index (κ2) is 8.31. The molecule has 30 heavy (non-hydrogen) atoms. The van der Waals surface area contributed by atoms with E-state index in [1.54, 1.807) is 23.1 Å². The smallest absolute Gasteiger partial charge is 0.241 e. The number of benzene rings is 1. The van der Waals surface area contributed by atoms with Gasteiger partial charge >= 0.3 is 0 Å². The van der Waals surface area contributed by atoms with Crippen LogP contribution in [0.2, 0.25) is 5.02 Å². The first kappa shape index (κ1) is 21.3. The molecule has 162 valence electrons. The Kier molecular flexibility index (Phi) is 5.90. The highest BCUT2D eigenvalue weighted by Gasteiger charge is 2.56. The van der Waals surface area contributed by atoms with E-state index in [1.807, 2.05) is 19.9 Å². The van der Waals surface area contributed by atoms with Gasteiger partial charge in [0, 0.05) is 37.0 Å². The number of carbonyl (C=O) groups excluding carboxylic acids is 3. The van der Waals surface area contributed by atoms with E-state index < -0.39 is 5.41 Å². The van der Waals surface area contributed by atoms with E-state index in [0.717, 1.165) is 25.7 Å². The number of nitrogens with zero attached hydrogens (tertiary/aromatic N) is 2. The van der Waals surface area contributed by atoms with Gasteiger partial charge < -0.3 is 9.64 Å². The Morgan fingerprint density at radius 1 is 1.13 bits per heavy atom. The Morgan fingerprint density at radius 3 is 2.40 bits per heavy atom. The average Bonchev–Trinajstić information content (AvgIpc) is 3.28. The lowest BCUT2D eigenvalue weighted by Crippen LogP contribution is -2.51. The van der Waals surface area contributed by atoms with Crippen molar-refractivity contribution in [3.63, 3.8) is 0 Å². The molecular formula is C23H29ClN2O4. The van der Waals surface area contributed by atoms with Crippen LogP contribution >= 0.6 is 11.6 Å². The zero-order chi connectivity index (χ0) is 21.5. The lowest BCUT2D eigenvalue weighted by molar-refractivity contribution is -0.148. The summed E-state index contributed by atoms with van der Waals surface area (Å²) >= 11 is 6.50. The number of likely N-dealkylation sites (tertiary alicyclic amines) is 1. The van der Waals surface area contributed by atoms with Crippen LogP contribution in [0.1, 0.15) is 57.9 Å². The molecule has 4 rings (SSSR count). The summed E-state index contributed by atoms with van der Waals surface area (Å²) in [6.45, 7) is 4.84. The van der Waals surface area contributed by atoms with Crippen LogP contribution in [0.3, 0.4) is 0 Å². The van der Waals surface area contributed by atoms with E-state index >= 15 is 0 Å². The summed E-state index contributed by atoms with van der Waals surface area (Å²) in [5.74, 6) is -0.593. The molecule has 2 saturated heterocycles. The van der Waals surface area contributed by atoms with Crippen molar-refractivity contribution in [1.82, 2.24) is 9.80 Å². The molecule has 3 atom stereocenters. The number of morpholine rings is 1. The summed E-state index contributed by atoms with van der Waals surface area (Å²) < 4.78 is 5.74. The van der Waals surface area contributed by atoms with Crippen molar-refractivity contribution in [2.45, 2.75) is 76.0 Å². The summed E-state index contributed by atoms with van der Waals surface area (Å²) in [4.78, 5) is 43.4. The van der Waals surface area contributed by atoms with Gasteiger partial charge in [-0.2, -0.15) is 0 Å². The minimum Gasteiger partial charge on any atom is -0.372 e. The number of ether oxygens (including phenoxy) is 1. The molecule has 2 heterocycles. The predicted octanol–water partition coefficient (Wildman–Crippen LogP) is 3.31. The third kappa shape index (κ3) is 3.76. The molecule has 0 bridgehead atoms. The maximum atomic E-state index is 13.8. The molecule has 0 N–H and O–H groups in total. The summed E-state index contributed by atoms with van der Waals surface area (Å²) in [6, 6.07) is 7.04. The molecule has 1 aromatic rings. The largest absolute Gasteiger partial charge is 0.372 e. The van der Waals surface area contributed by atoms with Gasteiger partial charge in [-0.05, 0) is 38.3 Å². The molecule has 0 aromatic heterocycles. The summed E-state index contributed by atoms with van der Waals surface area (Å²) in [6.07, 6.45) is 3.52. The third-order valence-corrected chi connectivity index (χ3v) is 6.98. The number of carbonyl (C=O) groups is 3. The number of halogens is 1. The van der Waals surface area contributed by atoms with Gasteiger partial charge in [-0.15, -0.1) is 0 Å². The van der Waals surface area contributed by atoms with E-state index in [-0.39, 0.29) is 48.8 Å². The lowest BCUT2D eigenvalue weighted by atomic mass is 9.75. The van der Waals surface area contributed by atoms with Gasteiger partial charge in [-0.3, -0.25) is 19.3 Å². The number of amides is 3. The van der Waals surface area contributed by atoms with E-state index in [0.29, 0.717) is 23.7 Å². The van der Waals surface area contributed by atoms with E-state index in [9.17, 15) is 14.4 Å². The van der Waals surface area contributed by atoms with Gasteiger partial charge in [0.1, 0.15) is 0 Å². The summed E-state index contributed by atoms with van der Waals surface area (Å²) in [7, 11) is 0.